The van der Waals surface area contributed by atoms with Gasteiger partial charge in [-0.05, 0) is 81.0 Å². The van der Waals surface area contributed by atoms with E-state index in [-0.39, 0.29) is 18.1 Å². The molecule has 2 aromatic rings. The van der Waals surface area contributed by atoms with Gasteiger partial charge in [-0.1, -0.05) is 18.9 Å². The molecule has 0 spiro atoms. The molecule has 1 aromatic carbocycles. The average Bonchev–Trinajstić information content (AvgIpc) is 2.81. The molecule has 0 aliphatic carbocycles. The molecule has 0 fully saturated rings. The summed E-state index contributed by atoms with van der Waals surface area (Å²) in [7, 11) is 0. The summed E-state index contributed by atoms with van der Waals surface area (Å²) in [6.45, 7) is 4.33. The van der Waals surface area contributed by atoms with Crippen molar-refractivity contribution in [3.63, 3.8) is 0 Å². The summed E-state index contributed by atoms with van der Waals surface area (Å²) in [4.78, 5) is 15.1. The van der Waals surface area contributed by atoms with Crippen molar-refractivity contribution >= 4 is 11.7 Å². The number of nitrogens with two attached hydrogens (primary N) is 1. The van der Waals surface area contributed by atoms with Crippen molar-refractivity contribution in [1.82, 2.24) is 10.3 Å². The van der Waals surface area contributed by atoms with Crippen LogP contribution in [0.1, 0.15) is 67.1 Å². The van der Waals surface area contributed by atoms with Gasteiger partial charge in [-0.25, -0.2) is 9.78 Å². The number of aryl methyl sites for hydroxylation is 2. The maximum atomic E-state index is 11.0. The third-order valence-electron chi connectivity index (χ3n) is 5.60. The van der Waals surface area contributed by atoms with Gasteiger partial charge in [-0.2, -0.15) is 0 Å². The number of rotatable bonds is 17. The molecule has 9 heteroatoms. The average molecular weight is 489 g/mol. The Morgan fingerprint density at radius 2 is 1.83 bits per heavy atom. The number of carbonyl (C=O) groups excluding carboxylic acids is 1. The third-order valence-corrected chi connectivity index (χ3v) is 5.60. The van der Waals surface area contributed by atoms with Gasteiger partial charge in [0.25, 0.3) is 0 Å². The zero-order chi connectivity index (χ0) is 25.5. The maximum absolute atomic E-state index is 11.0. The van der Waals surface area contributed by atoms with Crippen LogP contribution in [0.3, 0.4) is 0 Å². The number of nitrogens with one attached hydrogen (secondary N) is 2. The zero-order valence-electron chi connectivity index (χ0n) is 20.6. The summed E-state index contributed by atoms with van der Waals surface area (Å²) in [5.74, 6) is -0.0720. The number of urea groups is 1. The van der Waals surface area contributed by atoms with Crippen LogP contribution >= 0.6 is 0 Å². The number of aromatic nitrogens is 1. The number of hydrogen-bond acceptors (Lipinski definition) is 7. The lowest BCUT2D eigenvalue weighted by Gasteiger charge is -2.13. The van der Waals surface area contributed by atoms with Crippen molar-refractivity contribution in [2.75, 3.05) is 31.6 Å². The predicted octanol–water partition coefficient (Wildman–Crippen LogP) is 3.30. The number of carbonyl (C=O) groups is 1. The van der Waals surface area contributed by atoms with Gasteiger partial charge in [0, 0.05) is 25.4 Å². The first-order valence-corrected chi connectivity index (χ1v) is 12.3. The molecule has 1 unspecified atom stereocenters. The second-order valence-corrected chi connectivity index (χ2v) is 8.76. The number of pyridine rings is 1. The molecule has 35 heavy (non-hydrogen) atoms. The first-order chi connectivity index (χ1) is 16.9. The number of nitrogens with zero attached hydrogens (tertiary/aromatic N) is 1. The summed E-state index contributed by atoms with van der Waals surface area (Å²) < 4.78 is 5.74. The molecule has 194 valence electrons. The summed E-state index contributed by atoms with van der Waals surface area (Å²) in [5.41, 5.74) is 8.81. The molecular formula is C26H40N4O5. The molecule has 0 radical (unpaired) electrons. The van der Waals surface area contributed by atoms with Gasteiger partial charge >= 0.3 is 6.03 Å². The van der Waals surface area contributed by atoms with Crippen LogP contribution in [0.4, 0.5) is 10.5 Å². The molecule has 0 saturated carbocycles. The van der Waals surface area contributed by atoms with Gasteiger partial charge in [0.1, 0.15) is 17.5 Å². The Kier molecular flexibility index (Phi) is 13.1. The highest BCUT2D eigenvalue weighted by molar-refractivity contribution is 5.87. The minimum atomic E-state index is -0.783. The van der Waals surface area contributed by atoms with Gasteiger partial charge in [-0.3, -0.25) is 0 Å². The number of benzene rings is 1. The lowest BCUT2D eigenvalue weighted by molar-refractivity contribution is 0.126. The van der Waals surface area contributed by atoms with Gasteiger partial charge in [-0.15, -0.1) is 0 Å². The Hall–Kier alpha value is -2.72. The first kappa shape index (κ1) is 28.5. The third kappa shape index (κ3) is 11.5. The molecule has 1 atom stereocenters. The smallest absolute Gasteiger partial charge is 0.316 e. The first-order valence-electron chi connectivity index (χ1n) is 12.3. The van der Waals surface area contributed by atoms with Crippen LogP contribution in [0.25, 0.3) is 0 Å². The standard InChI is InChI=1S/C26H40N4O5/c1-19-14-20(16-21(15-19)29-26(27)34)8-4-7-13-35-12-6-3-2-5-11-28-17-25(33)22-9-10-24(32)23(18-31)30-22/h9-10,14-16,25,28,31-33H,2-8,11-13,17-18H2,1H3,(H3,27,29,34). The topological polar surface area (TPSA) is 150 Å². The van der Waals surface area contributed by atoms with E-state index in [2.05, 4.69) is 21.7 Å². The number of unbranched alkanes of at least 4 members (excludes halogenated alkanes) is 4. The van der Waals surface area contributed by atoms with E-state index in [4.69, 9.17) is 15.6 Å². The lowest BCUT2D eigenvalue weighted by Crippen LogP contribution is -2.23. The van der Waals surface area contributed by atoms with E-state index in [0.717, 1.165) is 76.0 Å². The molecule has 1 aromatic heterocycles. The number of aliphatic hydroxyl groups is 2. The molecule has 0 bridgehead atoms. The van der Waals surface area contributed by atoms with Crippen LogP contribution in [-0.4, -0.2) is 52.6 Å². The Balaban J connectivity index is 1.44. The SMILES string of the molecule is Cc1cc(CCCCOCCCCCCNCC(O)c2ccc(O)c(CO)n2)cc(NC(N)=O)c1. The predicted molar refractivity (Wildman–Crippen MR) is 136 cm³/mol. The summed E-state index contributed by atoms with van der Waals surface area (Å²) >= 11 is 0. The van der Waals surface area contributed by atoms with Gasteiger partial charge in [0.2, 0.25) is 0 Å². The minimum absolute atomic E-state index is 0.0720. The molecule has 0 aliphatic heterocycles. The number of hydrogen-bond donors (Lipinski definition) is 6. The summed E-state index contributed by atoms with van der Waals surface area (Å²) in [6.07, 6.45) is 6.41. The van der Waals surface area contributed by atoms with Gasteiger partial charge in [0.15, 0.2) is 0 Å². The Bertz CT molecular complexity index is 909. The van der Waals surface area contributed by atoms with Crippen molar-refractivity contribution in [3.8, 4) is 5.75 Å². The maximum Gasteiger partial charge on any atom is 0.316 e. The Labute approximate surface area is 207 Å². The molecule has 0 saturated heterocycles. The van der Waals surface area contributed by atoms with E-state index < -0.39 is 12.1 Å². The van der Waals surface area contributed by atoms with E-state index >= 15 is 0 Å². The molecular weight excluding hydrogens is 448 g/mol. The number of ether oxygens (including phenoxy) is 1. The normalized spacial score (nSPS) is 12.0. The molecule has 2 amide bonds. The van der Waals surface area contributed by atoms with Crippen molar-refractivity contribution in [2.45, 2.75) is 64.6 Å². The van der Waals surface area contributed by atoms with Crippen LogP contribution in [-0.2, 0) is 17.8 Å². The Morgan fingerprint density at radius 1 is 1.09 bits per heavy atom. The van der Waals surface area contributed by atoms with Crippen LogP contribution in [0.5, 0.6) is 5.75 Å². The fourth-order valence-corrected chi connectivity index (χ4v) is 3.82. The van der Waals surface area contributed by atoms with Crippen LogP contribution in [0.15, 0.2) is 30.3 Å². The molecule has 0 aliphatic rings. The van der Waals surface area contributed by atoms with E-state index in [9.17, 15) is 15.0 Å². The summed E-state index contributed by atoms with van der Waals surface area (Å²) in [5, 5.41) is 34.7. The van der Waals surface area contributed by atoms with Crippen molar-refractivity contribution in [3.05, 3.63) is 52.8 Å². The van der Waals surface area contributed by atoms with E-state index in [1.54, 1.807) is 6.07 Å². The Morgan fingerprint density at radius 3 is 2.57 bits per heavy atom. The minimum Gasteiger partial charge on any atom is -0.506 e. The monoisotopic (exact) mass is 488 g/mol. The quantitative estimate of drug-likeness (QED) is 0.187. The lowest BCUT2D eigenvalue weighted by atomic mass is 10.0. The van der Waals surface area contributed by atoms with Crippen molar-refractivity contribution in [1.29, 1.82) is 0 Å². The highest BCUT2D eigenvalue weighted by atomic mass is 16.5. The van der Waals surface area contributed by atoms with E-state index in [0.29, 0.717) is 12.2 Å². The second-order valence-electron chi connectivity index (χ2n) is 8.76. The molecule has 7 N–H and O–H groups in total. The summed E-state index contributed by atoms with van der Waals surface area (Å²) in [6, 6.07) is 8.44. The van der Waals surface area contributed by atoms with Crippen LogP contribution < -0.4 is 16.4 Å². The highest BCUT2D eigenvalue weighted by Crippen LogP contribution is 2.19. The molecule has 2 rings (SSSR count). The largest absolute Gasteiger partial charge is 0.506 e. The zero-order valence-corrected chi connectivity index (χ0v) is 20.6. The van der Waals surface area contributed by atoms with Gasteiger partial charge < -0.3 is 36.4 Å². The highest BCUT2D eigenvalue weighted by Gasteiger charge is 2.11. The fraction of sp³-hybridized carbons (Fsp3) is 0.538. The van der Waals surface area contributed by atoms with E-state index in [1.165, 1.54) is 11.6 Å². The molecule has 1 heterocycles. The fourth-order valence-electron chi connectivity index (χ4n) is 3.82. The number of primary amides is 1. The second kappa shape index (κ2) is 16.0. The number of amides is 2. The number of aromatic hydroxyl groups is 1. The van der Waals surface area contributed by atoms with E-state index in [1.807, 2.05) is 19.1 Å². The van der Waals surface area contributed by atoms with Crippen molar-refractivity contribution in [2.24, 2.45) is 5.73 Å². The van der Waals surface area contributed by atoms with Crippen LogP contribution in [0, 0.1) is 6.92 Å². The number of anilines is 1. The van der Waals surface area contributed by atoms with Crippen LogP contribution in [0.2, 0.25) is 0 Å². The van der Waals surface area contributed by atoms with Gasteiger partial charge in [0.05, 0.1) is 12.3 Å². The molecule has 9 nitrogen and oxygen atoms in total. The number of aliphatic hydroxyl groups excluding tert-OH is 2. The van der Waals surface area contributed by atoms with Crippen molar-refractivity contribution < 1.29 is 24.9 Å².